The van der Waals surface area contributed by atoms with Crippen molar-refractivity contribution in [1.82, 2.24) is 14.5 Å². The lowest BCUT2D eigenvalue weighted by molar-refractivity contribution is -0.153. The van der Waals surface area contributed by atoms with E-state index < -0.39 is 12.2 Å². The van der Waals surface area contributed by atoms with Gasteiger partial charge in [-0.25, -0.2) is 4.98 Å². The zero-order valence-corrected chi connectivity index (χ0v) is 17.9. The number of hydrogen-bond acceptors (Lipinski definition) is 6. The van der Waals surface area contributed by atoms with Crippen LogP contribution in [0.15, 0.2) is 29.2 Å². The van der Waals surface area contributed by atoms with Crippen molar-refractivity contribution in [2.45, 2.75) is 57.7 Å². The number of rotatable bonds is 3. The molecule has 0 unspecified atom stereocenters. The monoisotopic (exact) mass is 457 g/mol. The van der Waals surface area contributed by atoms with Gasteiger partial charge in [0.25, 0.3) is 5.56 Å². The minimum Gasteiger partial charge on any atom is -0.377 e. The molecule has 2 aliphatic rings. The average Bonchev–Trinajstić information content (AvgIpc) is 2.69. The quantitative estimate of drug-likeness (QED) is 0.659. The van der Waals surface area contributed by atoms with Gasteiger partial charge in [0, 0.05) is 25.4 Å². The lowest BCUT2D eigenvalue weighted by atomic mass is 10.1. The highest BCUT2D eigenvalue weighted by atomic mass is 35.5. The number of anilines is 2. The first kappa shape index (κ1) is 21.9. The molecule has 168 valence electrons. The summed E-state index contributed by atoms with van der Waals surface area (Å²) in [5, 5.41) is 0.252. The molecule has 0 aliphatic carbocycles. The van der Waals surface area contributed by atoms with Crippen LogP contribution in [0.2, 0.25) is 5.15 Å². The van der Waals surface area contributed by atoms with Gasteiger partial charge in [-0.3, -0.25) is 9.36 Å². The van der Waals surface area contributed by atoms with Crippen molar-refractivity contribution >= 4 is 23.4 Å². The third-order valence-electron chi connectivity index (χ3n) is 5.69. The fraction of sp³-hybridized carbons (Fsp3) is 0.550. The topological polar surface area (TPSA) is 63.5 Å². The molecule has 4 heterocycles. The van der Waals surface area contributed by atoms with Gasteiger partial charge in [-0.2, -0.15) is 18.2 Å². The van der Waals surface area contributed by atoms with E-state index in [9.17, 15) is 18.0 Å². The maximum absolute atomic E-state index is 13.9. The van der Waals surface area contributed by atoms with E-state index in [1.165, 1.54) is 22.9 Å². The van der Waals surface area contributed by atoms with Crippen molar-refractivity contribution in [2.24, 2.45) is 0 Å². The fourth-order valence-electron chi connectivity index (χ4n) is 4.26. The first-order valence-electron chi connectivity index (χ1n) is 10.1. The molecule has 2 aromatic heterocycles. The van der Waals surface area contributed by atoms with Crippen molar-refractivity contribution in [2.75, 3.05) is 23.0 Å². The molecule has 0 spiro atoms. The first-order chi connectivity index (χ1) is 14.6. The van der Waals surface area contributed by atoms with E-state index >= 15 is 0 Å². The molecule has 0 saturated carbocycles. The highest BCUT2D eigenvalue weighted by molar-refractivity contribution is 6.29. The average molecular weight is 458 g/mol. The molecule has 2 aliphatic heterocycles. The molecule has 11 heteroatoms. The number of hydrogen-bond donors (Lipinski definition) is 0. The van der Waals surface area contributed by atoms with Crippen LogP contribution in [0.5, 0.6) is 0 Å². The number of pyridine rings is 1. The number of aromatic nitrogens is 3. The molecule has 0 N–H and O–H groups in total. The maximum Gasteiger partial charge on any atom is 0.408 e. The summed E-state index contributed by atoms with van der Waals surface area (Å²) in [6.45, 7) is 4.63. The van der Waals surface area contributed by atoms with Crippen molar-refractivity contribution in [3.05, 3.63) is 45.5 Å². The van der Waals surface area contributed by atoms with Crippen molar-refractivity contribution in [3.63, 3.8) is 0 Å². The van der Waals surface area contributed by atoms with Gasteiger partial charge >= 0.3 is 6.18 Å². The summed E-state index contributed by atoms with van der Waals surface area (Å²) in [6, 6.07) is 2.67. The zero-order valence-electron chi connectivity index (χ0n) is 17.1. The smallest absolute Gasteiger partial charge is 0.377 e. The molecule has 7 nitrogen and oxygen atoms in total. The Morgan fingerprint density at radius 2 is 1.94 bits per heavy atom. The van der Waals surface area contributed by atoms with Gasteiger partial charge in [-0.15, -0.1) is 0 Å². The van der Waals surface area contributed by atoms with Crippen molar-refractivity contribution < 1.29 is 17.9 Å². The van der Waals surface area contributed by atoms with E-state index in [1.54, 1.807) is 6.07 Å². The molecule has 2 aromatic rings. The maximum atomic E-state index is 13.9. The lowest BCUT2D eigenvalue weighted by Crippen LogP contribution is -2.53. The Morgan fingerprint density at radius 1 is 1.23 bits per heavy atom. The number of halogens is 4. The summed E-state index contributed by atoms with van der Waals surface area (Å²) >= 11 is 5.81. The van der Waals surface area contributed by atoms with Crippen LogP contribution in [-0.2, 0) is 17.8 Å². The van der Waals surface area contributed by atoms with Crippen LogP contribution in [-0.4, -0.2) is 52.1 Å². The Hall–Kier alpha value is -2.33. The Labute approximate surface area is 182 Å². The zero-order chi connectivity index (χ0) is 22.3. The summed E-state index contributed by atoms with van der Waals surface area (Å²) < 4.78 is 48.6. The van der Waals surface area contributed by atoms with Gasteiger partial charge in [0.1, 0.15) is 17.0 Å². The van der Waals surface area contributed by atoms with Gasteiger partial charge in [0.15, 0.2) is 0 Å². The number of morpholine rings is 1. The van der Waals surface area contributed by atoms with Crippen LogP contribution in [0, 0.1) is 0 Å². The molecule has 0 bridgehead atoms. The minimum absolute atomic E-state index is 0.0110. The highest BCUT2D eigenvalue weighted by Gasteiger charge is 2.47. The molecule has 1 fully saturated rings. The lowest BCUT2D eigenvalue weighted by Gasteiger charge is -2.42. The number of fused-ring (bicyclic) bond motifs is 1. The second-order valence-corrected chi connectivity index (χ2v) is 8.40. The first-order valence-corrected chi connectivity index (χ1v) is 10.4. The summed E-state index contributed by atoms with van der Waals surface area (Å²) in [5.41, 5.74) is 0.172. The molecule has 1 saturated heterocycles. The Morgan fingerprint density at radius 3 is 2.55 bits per heavy atom. The van der Waals surface area contributed by atoms with Crippen molar-refractivity contribution in [3.8, 4) is 0 Å². The summed E-state index contributed by atoms with van der Waals surface area (Å²) in [7, 11) is 0. The molecule has 0 radical (unpaired) electrons. The summed E-state index contributed by atoms with van der Waals surface area (Å²) in [6.07, 6.45) is -3.27. The van der Waals surface area contributed by atoms with Crippen LogP contribution in [0.3, 0.4) is 0 Å². The van der Waals surface area contributed by atoms with Crippen LogP contribution < -0.4 is 15.4 Å². The number of ether oxygens (including phenoxy) is 1. The van der Waals surface area contributed by atoms with Crippen LogP contribution in [0.1, 0.15) is 25.8 Å². The highest BCUT2D eigenvalue weighted by Crippen LogP contribution is 2.35. The third kappa shape index (κ3) is 4.36. The number of nitrogens with zero attached hydrogens (tertiary/aromatic N) is 5. The van der Waals surface area contributed by atoms with Crippen LogP contribution in [0.25, 0.3) is 0 Å². The van der Waals surface area contributed by atoms with E-state index in [1.807, 2.05) is 18.7 Å². The Kier molecular flexibility index (Phi) is 5.87. The minimum atomic E-state index is -4.47. The van der Waals surface area contributed by atoms with E-state index in [-0.39, 0.29) is 48.3 Å². The van der Waals surface area contributed by atoms with E-state index in [4.69, 9.17) is 16.3 Å². The second-order valence-electron chi connectivity index (χ2n) is 8.01. The fourth-order valence-corrected chi connectivity index (χ4v) is 4.38. The summed E-state index contributed by atoms with van der Waals surface area (Å²) in [4.78, 5) is 24.5. The van der Waals surface area contributed by atoms with E-state index in [0.717, 1.165) is 4.90 Å². The summed E-state index contributed by atoms with van der Waals surface area (Å²) in [5.74, 6) is 0.374. The Balaban J connectivity index is 1.79. The molecule has 3 atom stereocenters. The Bertz CT molecular complexity index is 988. The largest absolute Gasteiger partial charge is 0.408 e. The van der Waals surface area contributed by atoms with Crippen LogP contribution in [0.4, 0.5) is 24.9 Å². The van der Waals surface area contributed by atoms with Crippen molar-refractivity contribution in [1.29, 1.82) is 0 Å². The van der Waals surface area contributed by atoms with E-state index in [0.29, 0.717) is 24.6 Å². The SMILES string of the molecule is C[C@@H]1COC[C@@H](C)N1c1cc(=O)n2c(n1)N(Cc1ccc(Cl)nc1)[C@H](C(F)(F)F)CC2. The predicted octanol–water partition coefficient (Wildman–Crippen LogP) is 3.25. The van der Waals surface area contributed by atoms with Gasteiger partial charge in [-0.1, -0.05) is 17.7 Å². The van der Waals surface area contributed by atoms with E-state index in [2.05, 4.69) is 9.97 Å². The molecular weight excluding hydrogens is 435 g/mol. The van der Waals surface area contributed by atoms with Crippen LogP contribution >= 0.6 is 11.6 Å². The van der Waals surface area contributed by atoms with Gasteiger partial charge in [0.05, 0.1) is 25.3 Å². The third-order valence-corrected chi connectivity index (χ3v) is 5.91. The molecular formula is C20H23ClF3N5O2. The van der Waals surface area contributed by atoms with Gasteiger partial charge < -0.3 is 14.5 Å². The molecule has 4 rings (SSSR count). The molecule has 0 aromatic carbocycles. The normalized spacial score (nSPS) is 24.3. The standard InChI is InChI=1S/C20H23ClF3N5O2/c1-12-10-31-11-13(2)29(12)17-7-18(30)27-6-5-15(20(22,23)24)28(19(27)26-17)9-14-3-4-16(21)25-8-14/h3-4,7-8,12-13,15H,5-6,9-11H2,1-2H3/t12-,13-,15+/m1/s1. The molecule has 0 amide bonds. The van der Waals surface area contributed by atoms with Gasteiger partial charge in [0.2, 0.25) is 5.95 Å². The van der Waals surface area contributed by atoms with Gasteiger partial charge in [-0.05, 0) is 31.9 Å². The molecule has 31 heavy (non-hydrogen) atoms. The number of alkyl halides is 3. The predicted molar refractivity (Wildman–Crippen MR) is 111 cm³/mol. The second kappa shape index (κ2) is 8.31.